The number of carboxylic acids is 1. The summed E-state index contributed by atoms with van der Waals surface area (Å²) in [6.07, 6.45) is 2.02. The third-order valence-electron chi connectivity index (χ3n) is 6.12. The van der Waals surface area contributed by atoms with Crippen LogP contribution < -0.4 is 11.1 Å². The zero-order chi connectivity index (χ0) is 25.1. The minimum absolute atomic E-state index is 0.0295. The number of carbonyl (C=O) groups excluding carboxylic acids is 3. The highest BCUT2D eigenvalue weighted by molar-refractivity contribution is 6.06. The Bertz CT molecular complexity index is 1310. The lowest BCUT2D eigenvalue weighted by Gasteiger charge is -2.18. The first kappa shape index (κ1) is 23.7. The molecule has 0 saturated carbocycles. The Morgan fingerprint density at radius 2 is 1.89 bits per heavy atom. The molecule has 10 heteroatoms. The van der Waals surface area contributed by atoms with E-state index in [4.69, 9.17) is 11.1 Å². The molecule has 4 rings (SSSR count). The van der Waals surface area contributed by atoms with Crippen molar-refractivity contribution in [3.05, 3.63) is 71.4 Å². The van der Waals surface area contributed by atoms with Crippen molar-refractivity contribution in [2.75, 3.05) is 6.54 Å². The molecule has 1 saturated heterocycles. The molecule has 0 aliphatic carbocycles. The number of aliphatic carboxylic acids is 1. The number of hydrogen-bond donors (Lipinski definition) is 5. The molecule has 3 amide bonds. The molecule has 35 heavy (non-hydrogen) atoms. The van der Waals surface area contributed by atoms with Gasteiger partial charge in [0.05, 0.1) is 5.92 Å². The Hall–Kier alpha value is -4.47. The van der Waals surface area contributed by atoms with Crippen LogP contribution in [0.4, 0.5) is 0 Å². The summed E-state index contributed by atoms with van der Waals surface area (Å²) in [6, 6.07) is 13.0. The fraction of sp³-hybridized carbons (Fsp3) is 0.240. The number of carbonyl (C=O) groups is 4. The Morgan fingerprint density at radius 1 is 1.17 bits per heavy atom. The van der Waals surface area contributed by atoms with Crippen LogP contribution in [0, 0.1) is 11.3 Å². The molecule has 180 valence electrons. The number of rotatable bonds is 9. The Labute approximate surface area is 200 Å². The van der Waals surface area contributed by atoms with Gasteiger partial charge in [-0.05, 0) is 23.6 Å². The van der Waals surface area contributed by atoms with Gasteiger partial charge in [-0.15, -0.1) is 0 Å². The van der Waals surface area contributed by atoms with Crippen LogP contribution in [0.1, 0.15) is 23.1 Å². The van der Waals surface area contributed by atoms with Crippen LogP contribution in [-0.4, -0.2) is 57.1 Å². The molecule has 2 aromatic carbocycles. The number of fused-ring (bicyclic) bond motifs is 1. The van der Waals surface area contributed by atoms with Crippen LogP contribution in [0.5, 0.6) is 0 Å². The minimum Gasteiger partial charge on any atom is -0.480 e. The van der Waals surface area contributed by atoms with Gasteiger partial charge in [0, 0.05) is 35.5 Å². The summed E-state index contributed by atoms with van der Waals surface area (Å²) in [5.74, 6) is -3.55. The van der Waals surface area contributed by atoms with E-state index in [1.165, 1.54) is 0 Å². The molecule has 6 N–H and O–H groups in total. The quantitative estimate of drug-likeness (QED) is 0.177. The van der Waals surface area contributed by atoms with E-state index in [0.29, 0.717) is 12.0 Å². The largest absolute Gasteiger partial charge is 0.480 e. The Kier molecular flexibility index (Phi) is 6.63. The van der Waals surface area contributed by atoms with E-state index in [2.05, 4.69) is 10.3 Å². The molecule has 10 nitrogen and oxygen atoms in total. The third-order valence-corrected chi connectivity index (χ3v) is 6.12. The number of amides is 3. The lowest BCUT2D eigenvalue weighted by Crippen LogP contribution is -2.47. The summed E-state index contributed by atoms with van der Waals surface area (Å²) >= 11 is 0. The number of aromatic amines is 1. The first-order valence-electron chi connectivity index (χ1n) is 11.1. The highest BCUT2D eigenvalue weighted by Crippen LogP contribution is 2.24. The van der Waals surface area contributed by atoms with Crippen molar-refractivity contribution in [3.8, 4) is 0 Å². The average molecular weight is 476 g/mol. The van der Waals surface area contributed by atoms with E-state index in [0.717, 1.165) is 26.9 Å². The number of carboxylic acid groups (broad SMARTS) is 1. The number of nitrogens with two attached hydrogens (primary N) is 1. The van der Waals surface area contributed by atoms with Crippen molar-refractivity contribution in [2.45, 2.75) is 25.3 Å². The predicted octanol–water partition coefficient (Wildman–Crippen LogP) is 1.18. The van der Waals surface area contributed by atoms with Gasteiger partial charge in [-0.3, -0.25) is 24.7 Å². The molecule has 1 aromatic heterocycles. The van der Waals surface area contributed by atoms with E-state index < -0.39 is 42.2 Å². The lowest BCUT2D eigenvalue weighted by atomic mass is 9.97. The maximum atomic E-state index is 12.8. The van der Waals surface area contributed by atoms with Gasteiger partial charge in [0.1, 0.15) is 18.4 Å². The van der Waals surface area contributed by atoms with Crippen molar-refractivity contribution in [1.29, 1.82) is 5.41 Å². The summed E-state index contributed by atoms with van der Waals surface area (Å²) in [6.45, 7) is -0.533. The van der Waals surface area contributed by atoms with Crippen molar-refractivity contribution < 1.29 is 24.3 Å². The maximum absolute atomic E-state index is 12.8. The SMILES string of the molecule is N=C(N)c1ccc(CC2CC(=O)N(CC(=O)N[C@@H](Cc3c[nH]c4ccccc34)C(=O)O)C2=O)cc1. The van der Waals surface area contributed by atoms with Crippen LogP contribution in [0.3, 0.4) is 0 Å². The molecular weight excluding hydrogens is 450 g/mol. The zero-order valence-corrected chi connectivity index (χ0v) is 18.8. The number of nitrogens with one attached hydrogen (secondary N) is 3. The first-order chi connectivity index (χ1) is 16.7. The van der Waals surface area contributed by atoms with Gasteiger partial charge in [0.25, 0.3) is 0 Å². The molecule has 0 radical (unpaired) electrons. The van der Waals surface area contributed by atoms with Crippen molar-refractivity contribution >= 4 is 40.4 Å². The second-order valence-corrected chi connectivity index (χ2v) is 8.56. The first-order valence-corrected chi connectivity index (χ1v) is 11.1. The van der Waals surface area contributed by atoms with Gasteiger partial charge in [-0.1, -0.05) is 42.5 Å². The van der Waals surface area contributed by atoms with Crippen LogP contribution in [0.15, 0.2) is 54.7 Å². The number of hydrogen-bond acceptors (Lipinski definition) is 5. The fourth-order valence-electron chi connectivity index (χ4n) is 4.29. The lowest BCUT2D eigenvalue weighted by molar-refractivity contribution is -0.144. The highest BCUT2D eigenvalue weighted by atomic mass is 16.4. The average Bonchev–Trinajstić information content (AvgIpc) is 3.35. The molecule has 2 atom stereocenters. The Balaban J connectivity index is 1.38. The monoisotopic (exact) mass is 475 g/mol. The molecule has 0 bridgehead atoms. The summed E-state index contributed by atoms with van der Waals surface area (Å²) in [5, 5.41) is 20.4. The molecule has 1 aliphatic heterocycles. The molecule has 1 unspecified atom stereocenters. The number of aromatic nitrogens is 1. The van der Waals surface area contributed by atoms with Gasteiger partial charge < -0.3 is 21.1 Å². The molecule has 0 spiro atoms. The third kappa shape index (κ3) is 5.21. The predicted molar refractivity (Wildman–Crippen MR) is 128 cm³/mol. The second kappa shape index (κ2) is 9.80. The van der Waals surface area contributed by atoms with Crippen LogP contribution in [0.2, 0.25) is 0 Å². The maximum Gasteiger partial charge on any atom is 0.326 e. The number of amidine groups is 1. The second-order valence-electron chi connectivity index (χ2n) is 8.56. The van der Waals surface area contributed by atoms with Gasteiger partial charge in [0.2, 0.25) is 17.7 Å². The van der Waals surface area contributed by atoms with Crippen molar-refractivity contribution in [2.24, 2.45) is 11.7 Å². The Morgan fingerprint density at radius 3 is 2.57 bits per heavy atom. The van der Waals surface area contributed by atoms with Gasteiger partial charge >= 0.3 is 5.97 Å². The smallest absolute Gasteiger partial charge is 0.326 e. The van der Waals surface area contributed by atoms with Crippen LogP contribution in [-0.2, 0) is 32.0 Å². The number of H-pyrrole nitrogens is 1. The number of para-hydroxylation sites is 1. The fourth-order valence-corrected chi connectivity index (χ4v) is 4.29. The molecule has 3 aromatic rings. The summed E-state index contributed by atoms with van der Waals surface area (Å²) in [7, 11) is 0. The van der Waals surface area contributed by atoms with E-state index in [1.807, 2.05) is 24.3 Å². The van der Waals surface area contributed by atoms with E-state index >= 15 is 0 Å². The van der Waals surface area contributed by atoms with Crippen molar-refractivity contribution in [1.82, 2.24) is 15.2 Å². The van der Waals surface area contributed by atoms with Gasteiger partial charge in [-0.25, -0.2) is 4.79 Å². The number of likely N-dealkylation sites (tertiary alicyclic amines) is 1. The standard InChI is InChI=1S/C25H25N5O5/c26-23(27)15-7-5-14(6-8-15)9-16-11-22(32)30(24(16)33)13-21(31)29-20(25(34)35)10-17-12-28-19-4-2-1-3-18(17)19/h1-8,12,16,20,28H,9-11,13H2,(H3,26,27)(H,29,31)(H,34,35)/t16?,20-/m0/s1. The number of imide groups is 1. The normalized spacial score (nSPS) is 16.5. The highest BCUT2D eigenvalue weighted by Gasteiger charge is 2.39. The molecule has 1 aliphatic rings. The van der Waals surface area contributed by atoms with E-state index in [-0.39, 0.29) is 18.7 Å². The van der Waals surface area contributed by atoms with E-state index in [1.54, 1.807) is 30.5 Å². The summed E-state index contributed by atoms with van der Waals surface area (Å²) in [4.78, 5) is 53.6. The number of nitrogen functional groups attached to an aromatic ring is 1. The topological polar surface area (TPSA) is 169 Å². The van der Waals surface area contributed by atoms with Gasteiger partial charge in [-0.2, -0.15) is 0 Å². The molecular formula is C25H25N5O5. The number of benzene rings is 2. The summed E-state index contributed by atoms with van der Waals surface area (Å²) < 4.78 is 0. The zero-order valence-electron chi connectivity index (χ0n) is 18.8. The van der Waals surface area contributed by atoms with Crippen LogP contribution >= 0.6 is 0 Å². The molecule has 2 heterocycles. The van der Waals surface area contributed by atoms with E-state index in [9.17, 15) is 24.3 Å². The van der Waals surface area contributed by atoms with Crippen LogP contribution in [0.25, 0.3) is 10.9 Å². The molecule has 1 fully saturated rings. The van der Waals surface area contributed by atoms with Gasteiger partial charge in [0.15, 0.2) is 0 Å². The van der Waals surface area contributed by atoms with Crippen molar-refractivity contribution in [3.63, 3.8) is 0 Å². The minimum atomic E-state index is -1.22. The number of nitrogens with zero attached hydrogens (tertiary/aromatic N) is 1. The summed E-state index contributed by atoms with van der Waals surface area (Å²) in [5.41, 5.74) is 8.40.